The van der Waals surface area contributed by atoms with Crippen molar-refractivity contribution in [3.05, 3.63) is 152 Å². The first-order valence-electron chi connectivity index (χ1n) is 17.1. The van der Waals surface area contributed by atoms with Gasteiger partial charge in [0.05, 0.1) is 0 Å². The van der Waals surface area contributed by atoms with Crippen molar-refractivity contribution in [2.45, 2.75) is 67.1 Å². The Kier molecular flexibility index (Phi) is 10.2. The summed E-state index contributed by atoms with van der Waals surface area (Å²) in [6, 6.07) is 15.3. The molecule has 0 saturated carbocycles. The van der Waals surface area contributed by atoms with Gasteiger partial charge in [-0.25, -0.2) is 43.9 Å². The minimum atomic E-state index is -4.48. The molecule has 0 fully saturated rings. The summed E-state index contributed by atoms with van der Waals surface area (Å²) < 4.78 is 159. The van der Waals surface area contributed by atoms with Crippen LogP contribution in [-0.4, -0.2) is 16.3 Å². The predicted octanol–water partition coefficient (Wildman–Crippen LogP) is 9.39. The highest BCUT2D eigenvalue weighted by atomic mass is 31.2. The molecule has 0 N–H and O–H groups in total. The molecule has 0 saturated heterocycles. The first-order valence-corrected chi connectivity index (χ1v) is 18.9. The fourth-order valence-corrected chi connectivity index (χ4v) is 15.1. The van der Waals surface area contributed by atoms with Gasteiger partial charge < -0.3 is 0 Å². The molecule has 0 spiro atoms. The van der Waals surface area contributed by atoms with Gasteiger partial charge in [0.25, 0.3) is 0 Å². The van der Waals surface area contributed by atoms with Gasteiger partial charge in [-0.05, 0) is 69.4 Å². The van der Waals surface area contributed by atoms with Crippen LogP contribution in [0.5, 0.6) is 0 Å². The van der Waals surface area contributed by atoms with Gasteiger partial charge >= 0.3 is 6.28 Å². The number of hydrogen-bond donors (Lipinski definition) is 0. The third kappa shape index (κ3) is 5.64. The van der Waals surface area contributed by atoms with Crippen molar-refractivity contribution in [2.75, 3.05) is 0 Å². The van der Waals surface area contributed by atoms with Gasteiger partial charge in [0.2, 0.25) is 0 Å². The molecular weight excluding hydrogens is 742 g/mol. The van der Waals surface area contributed by atoms with Crippen molar-refractivity contribution in [3.8, 4) is 0 Å². The van der Waals surface area contributed by atoms with E-state index in [0.29, 0.717) is 38.4 Å². The van der Waals surface area contributed by atoms with Crippen molar-refractivity contribution in [2.24, 2.45) is 0 Å². The van der Waals surface area contributed by atoms with Crippen molar-refractivity contribution in [1.29, 1.82) is 0 Å². The second kappa shape index (κ2) is 14.1. The monoisotopic (exact) mass is 777 g/mol. The maximum absolute atomic E-state index is 16.6. The fraction of sp³-hybridized carbons (Fsp3) is 0.250. The Labute approximate surface area is 306 Å². The highest BCUT2D eigenvalue weighted by molar-refractivity contribution is 7.80. The van der Waals surface area contributed by atoms with Crippen molar-refractivity contribution < 1.29 is 53.1 Å². The van der Waals surface area contributed by atoms with Gasteiger partial charge in [0, 0.05) is 16.3 Å². The average molecular weight is 777 g/mol. The van der Waals surface area contributed by atoms with Crippen LogP contribution in [0.4, 0.5) is 43.9 Å². The van der Waals surface area contributed by atoms with Gasteiger partial charge in [0.1, 0.15) is 36.9 Å². The SMILES string of the molecule is Cc1cc(C)c(P2(c3c(C)cc(C)cc3C)=[N+](OCc3ccccc3)[B-](c3c(F)c(F)c(F)c(F)c3F)(c3c(F)c(F)c(F)c(F)c3F)C[C@@H]2C)c(C)c1. The van der Waals surface area contributed by atoms with Gasteiger partial charge in [0.15, 0.2) is 34.9 Å². The quantitative estimate of drug-likeness (QED) is 0.0528. The van der Waals surface area contributed by atoms with E-state index in [-0.39, 0.29) is 0 Å². The Morgan fingerprint density at radius 1 is 0.556 bits per heavy atom. The van der Waals surface area contributed by atoms with E-state index in [1.54, 1.807) is 89.2 Å². The summed E-state index contributed by atoms with van der Waals surface area (Å²) in [4.78, 5) is 6.60. The van der Waals surface area contributed by atoms with E-state index in [1.165, 1.54) is 0 Å². The lowest BCUT2D eigenvalue weighted by molar-refractivity contribution is -0.686. The normalized spacial score (nSPS) is 16.4. The zero-order valence-electron chi connectivity index (χ0n) is 30.3. The molecular formula is C40H35BF10NOP. The molecule has 284 valence electrons. The van der Waals surface area contributed by atoms with Crippen molar-refractivity contribution in [1.82, 2.24) is 0 Å². The van der Waals surface area contributed by atoms with Crippen LogP contribution in [0.25, 0.3) is 0 Å². The van der Waals surface area contributed by atoms with E-state index in [1.807, 2.05) is 13.8 Å². The largest absolute Gasteiger partial charge is 0.374 e. The fourth-order valence-electron chi connectivity index (χ4n) is 9.03. The van der Waals surface area contributed by atoms with Crippen molar-refractivity contribution in [3.63, 3.8) is 0 Å². The molecule has 2 nitrogen and oxygen atoms in total. The number of nitrogens with zero attached hydrogens (tertiary/aromatic N) is 1. The molecule has 1 aliphatic heterocycles. The molecule has 1 atom stereocenters. The molecule has 5 aromatic carbocycles. The van der Waals surface area contributed by atoms with Gasteiger partial charge in [-0.15, -0.1) is 0 Å². The second-order valence-electron chi connectivity index (χ2n) is 14.3. The number of halogens is 10. The van der Waals surface area contributed by atoms with Crippen LogP contribution in [-0.2, 0) is 11.4 Å². The van der Waals surface area contributed by atoms with Crippen LogP contribution in [0.15, 0.2) is 54.6 Å². The lowest BCUT2D eigenvalue weighted by Crippen LogP contribution is -2.69. The maximum Gasteiger partial charge on any atom is 0.374 e. The maximum atomic E-state index is 16.6. The predicted molar refractivity (Wildman–Crippen MR) is 191 cm³/mol. The summed E-state index contributed by atoms with van der Waals surface area (Å²) >= 11 is 0. The molecule has 0 amide bonds. The van der Waals surface area contributed by atoms with Crippen LogP contribution in [0.3, 0.4) is 0 Å². The average Bonchev–Trinajstić information content (AvgIpc) is 3.34. The lowest BCUT2D eigenvalue weighted by atomic mass is 9.25. The second-order valence-corrected chi connectivity index (χ2v) is 17.8. The van der Waals surface area contributed by atoms with Crippen LogP contribution in [0.2, 0.25) is 6.32 Å². The third-order valence-corrected chi connectivity index (χ3v) is 16.0. The smallest absolute Gasteiger partial charge is 0.291 e. The molecule has 1 aliphatic rings. The minimum Gasteiger partial charge on any atom is -0.291 e. The summed E-state index contributed by atoms with van der Waals surface area (Å²) in [5, 5.41) is 0.973. The van der Waals surface area contributed by atoms with Gasteiger partial charge in [-0.2, -0.15) is 4.84 Å². The number of aryl methyl sites for hydroxylation is 6. The van der Waals surface area contributed by atoms with Crippen LogP contribution >= 0.6 is 7.05 Å². The highest BCUT2D eigenvalue weighted by Gasteiger charge is 2.64. The summed E-state index contributed by atoms with van der Waals surface area (Å²) in [5.41, 5.74) is -0.231. The summed E-state index contributed by atoms with van der Waals surface area (Å²) in [6.07, 6.45) is -5.34. The Bertz CT molecular complexity index is 2200. The van der Waals surface area contributed by atoms with E-state index in [4.69, 9.17) is 4.84 Å². The molecule has 0 radical (unpaired) electrons. The Balaban J connectivity index is 2.04. The summed E-state index contributed by atoms with van der Waals surface area (Å²) in [5.74, 6) is -25.0. The zero-order chi connectivity index (χ0) is 39.8. The van der Waals surface area contributed by atoms with Gasteiger partial charge in [-0.1, -0.05) is 89.9 Å². The molecule has 1 heterocycles. The third-order valence-electron chi connectivity index (χ3n) is 10.6. The van der Waals surface area contributed by atoms with E-state index >= 15 is 35.1 Å². The standard InChI is InChI=1S/C40H35BF10NOP/c1-19-13-21(3)39(22(4)14-19)54(40-23(5)15-20(2)16-24(40)6)25(7)17-41(52(54)53-18-26-11-9-8-10-12-26,27-29(42)33(46)37(50)34(47)30(27)43)28-31(44)35(48)38(51)36(49)32(28)45/h8-16,25H,17-18H2,1-7H3/t25-/m0/s1. The molecule has 0 bridgehead atoms. The van der Waals surface area contributed by atoms with Crippen LogP contribution < -0.4 is 21.5 Å². The number of benzene rings is 5. The van der Waals surface area contributed by atoms with Crippen LogP contribution in [0, 0.1) is 99.7 Å². The number of rotatable bonds is 7. The van der Waals surface area contributed by atoms with E-state index < -0.39 is 101 Å². The summed E-state index contributed by atoms with van der Waals surface area (Å²) in [7, 11) is -3.90. The topological polar surface area (TPSA) is 12.2 Å². The molecule has 0 aliphatic carbocycles. The minimum absolute atomic E-state index is 0.407. The van der Waals surface area contributed by atoms with E-state index in [2.05, 4.69) is 0 Å². The first-order chi connectivity index (χ1) is 25.3. The summed E-state index contributed by atoms with van der Waals surface area (Å²) in [6.45, 7) is 11.7. The first kappa shape index (κ1) is 39.4. The molecule has 6 rings (SSSR count). The van der Waals surface area contributed by atoms with Crippen molar-refractivity contribution >= 4 is 34.9 Å². The Hall–Kier alpha value is -4.35. The molecule has 0 aromatic heterocycles. The van der Waals surface area contributed by atoms with Crippen LogP contribution in [0.1, 0.15) is 45.9 Å². The highest BCUT2D eigenvalue weighted by Crippen LogP contribution is 2.62. The zero-order valence-corrected chi connectivity index (χ0v) is 31.2. The van der Waals surface area contributed by atoms with E-state index in [0.717, 1.165) is 15.5 Å². The molecule has 5 aromatic rings. The Morgan fingerprint density at radius 3 is 1.24 bits per heavy atom. The Morgan fingerprint density at radius 2 is 0.889 bits per heavy atom. The molecule has 54 heavy (non-hydrogen) atoms. The number of hydrogen-bond acceptors (Lipinski definition) is 1. The van der Waals surface area contributed by atoms with E-state index in [9.17, 15) is 8.78 Å². The van der Waals surface area contributed by atoms with Gasteiger partial charge in [-0.3, -0.25) is 4.40 Å². The lowest BCUT2D eigenvalue weighted by Gasteiger charge is -2.37. The molecule has 0 unspecified atom stereocenters. The molecule has 14 heteroatoms.